The summed E-state index contributed by atoms with van der Waals surface area (Å²) in [6.07, 6.45) is 3.19. The third-order valence-corrected chi connectivity index (χ3v) is 16.6. The van der Waals surface area contributed by atoms with E-state index < -0.39 is 16.6 Å². The average molecular weight is 496 g/mol. The zero-order chi connectivity index (χ0) is 24.8. The standard InChI is InChI=1S/C22H41N5O4Si2/c1-21(2,3)32(7,8)29-12-16-15(31-33(9,10)22(4,5)6)11-17(30-16)27-14-25-18-19(26-28)23-13-24-20(18)27/h13-17,28H,11-12H2,1-10H3,(H,23,24,26)/t15-,16+,17+/m0/s1. The van der Waals surface area contributed by atoms with Crippen LogP contribution in [0.1, 0.15) is 54.2 Å². The van der Waals surface area contributed by atoms with E-state index in [9.17, 15) is 5.21 Å². The maximum absolute atomic E-state index is 9.36. The molecule has 2 N–H and O–H groups in total. The number of aromatic nitrogens is 4. The summed E-state index contributed by atoms with van der Waals surface area (Å²) in [4.78, 5) is 12.8. The van der Waals surface area contributed by atoms with E-state index in [1.807, 2.05) is 4.57 Å². The van der Waals surface area contributed by atoms with Crippen LogP contribution in [-0.4, -0.2) is 60.2 Å². The van der Waals surface area contributed by atoms with Gasteiger partial charge in [0, 0.05) is 6.42 Å². The maximum atomic E-state index is 9.36. The highest BCUT2D eigenvalue weighted by molar-refractivity contribution is 6.74. The Labute approximate surface area is 199 Å². The van der Waals surface area contributed by atoms with Crippen molar-refractivity contribution in [2.45, 2.75) is 103 Å². The minimum Gasteiger partial charge on any atom is -0.414 e. The van der Waals surface area contributed by atoms with E-state index in [0.29, 0.717) is 24.2 Å². The van der Waals surface area contributed by atoms with E-state index in [-0.39, 0.29) is 34.3 Å². The molecule has 2 aromatic rings. The molecule has 1 saturated heterocycles. The molecule has 0 amide bonds. The lowest BCUT2D eigenvalue weighted by molar-refractivity contribution is -0.0383. The summed E-state index contributed by atoms with van der Waals surface area (Å²) in [5, 5.41) is 9.57. The molecule has 186 valence electrons. The molecule has 3 rings (SSSR count). The van der Waals surface area contributed by atoms with E-state index in [2.05, 4.69) is 88.2 Å². The zero-order valence-electron chi connectivity index (χ0n) is 21.8. The van der Waals surface area contributed by atoms with Crippen molar-refractivity contribution in [1.82, 2.24) is 19.5 Å². The van der Waals surface area contributed by atoms with Crippen LogP contribution in [0.4, 0.5) is 5.82 Å². The lowest BCUT2D eigenvalue weighted by Gasteiger charge is -2.40. The molecule has 0 spiro atoms. The van der Waals surface area contributed by atoms with Crippen LogP contribution in [0.5, 0.6) is 0 Å². The van der Waals surface area contributed by atoms with Crippen molar-refractivity contribution in [2.24, 2.45) is 0 Å². The fraction of sp³-hybridized carbons (Fsp3) is 0.773. The summed E-state index contributed by atoms with van der Waals surface area (Å²) in [5.74, 6) is 0.267. The van der Waals surface area contributed by atoms with E-state index in [1.165, 1.54) is 6.33 Å². The van der Waals surface area contributed by atoms with Crippen LogP contribution in [0, 0.1) is 0 Å². The molecule has 9 nitrogen and oxygen atoms in total. The number of nitrogens with zero attached hydrogens (tertiary/aromatic N) is 4. The Hall–Kier alpha value is -1.38. The fourth-order valence-corrected chi connectivity index (χ4v) is 5.72. The van der Waals surface area contributed by atoms with Crippen LogP contribution in [-0.2, 0) is 13.6 Å². The van der Waals surface area contributed by atoms with Gasteiger partial charge in [0.25, 0.3) is 0 Å². The molecule has 0 saturated carbocycles. The Morgan fingerprint density at radius 3 is 2.27 bits per heavy atom. The van der Waals surface area contributed by atoms with Crippen molar-refractivity contribution in [3.05, 3.63) is 12.7 Å². The van der Waals surface area contributed by atoms with Crippen LogP contribution in [0.25, 0.3) is 11.2 Å². The summed E-state index contributed by atoms with van der Waals surface area (Å²) in [6.45, 7) is 23.0. The van der Waals surface area contributed by atoms with Crippen molar-refractivity contribution in [2.75, 3.05) is 12.1 Å². The van der Waals surface area contributed by atoms with Crippen LogP contribution in [0.3, 0.4) is 0 Å². The van der Waals surface area contributed by atoms with Gasteiger partial charge in [-0.05, 0) is 36.3 Å². The zero-order valence-corrected chi connectivity index (χ0v) is 23.8. The van der Waals surface area contributed by atoms with E-state index in [0.717, 1.165) is 0 Å². The average Bonchev–Trinajstić information content (AvgIpc) is 3.28. The first kappa shape index (κ1) is 26.2. The quantitative estimate of drug-likeness (QED) is 0.392. The Bertz CT molecular complexity index is 968. The molecule has 0 aromatic carbocycles. The number of hydrogen-bond donors (Lipinski definition) is 2. The van der Waals surface area contributed by atoms with Crippen molar-refractivity contribution in [3.63, 3.8) is 0 Å². The number of anilines is 1. The van der Waals surface area contributed by atoms with Gasteiger partial charge in [0.15, 0.2) is 33.6 Å². The largest absolute Gasteiger partial charge is 0.414 e. The van der Waals surface area contributed by atoms with Gasteiger partial charge in [-0.3, -0.25) is 15.3 Å². The number of imidazole rings is 1. The highest BCUT2D eigenvalue weighted by atomic mass is 28.4. The first-order valence-electron chi connectivity index (χ1n) is 11.6. The van der Waals surface area contributed by atoms with E-state index in [4.69, 9.17) is 13.6 Å². The van der Waals surface area contributed by atoms with E-state index in [1.54, 1.807) is 6.33 Å². The normalized spacial score (nSPS) is 22.8. The molecule has 0 unspecified atom stereocenters. The minimum absolute atomic E-state index is 0.0876. The van der Waals surface area contributed by atoms with Gasteiger partial charge in [0.05, 0.1) is 19.0 Å². The summed E-state index contributed by atoms with van der Waals surface area (Å²) < 4.78 is 21.8. The Balaban J connectivity index is 1.88. The molecule has 3 heterocycles. The molecule has 3 atom stereocenters. The molecule has 1 aliphatic rings. The molecular formula is C22H41N5O4Si2. The summed E-state index contributed by atoms with van der Waals surface area (Å²) in [7, 11) is -3.97. The molecule has 33 heavy (non-hydrogen) atoms. The van der Waals surface area contributed by atoms with Crippen LogP contribution < -0.4 is 5.48 Å². The van der Waals surface area contributed by atoms with Gasteiger partial charge in [0.2, 0.25) is 0 Å². The van der Waals surface area contributed by atoms with Crippen molar-refractivity contribution in [1.29, 1.82) is 0 Å². The van der Waals surface area contributed by atoms with Gasteiger partial charge >= 0.3 is 0 Å². The van der Waals surface area contributed by atoms with Crippen LogP contribution in [0.2, 0.25) is 36.3 Å². The molecule has 0 radical (unpaired) electrons. The molecule has 1 aliphatic heterocycles. The third kappa shape index (κ3) is 5.33. The summed E-state index contributed by atoms with van der Waals surface area (Å²) in [5.41, 5.74) is 3.18. The van der Waals surface area contributed by atoms with Gasteiger partial charge in [-0.1, -0.05) is 41.5 Å². The number of nitrogens with one attached hydrogen (secondary N) is 1. The molecule has 0 aliphatic carbocycles. The van der Waals surface area contributed by atoms with Gasteiger partial charge in [-0.25, -0.2) is 15.0 Å². The first-order chi connectivity index (χ1) is 15.1. The van der Waals surface area contributed by atoms with Crippen LogP contribution in [0.15, 0.2) is 12.7 Å². The summed E-state index contributed by atoms with van der Waals surface area (Å²) >= 11 is 0. The van der Waals surface area contributed by atoms with Crippen molar-refractivity contribution >= 4 is 33.6 Å². The lowest BCUT2D eigenvalue weighted by Crippen LogP contribution is -2.48. The molecular weight excluding hydrogens is 454 g/mol. The maximum Gasteiger partial charge on any atom is 0.192 e. The van der Waals surface area contributed by atoms with Gasteiger partial charge < -0.3 is 13.6 Å². The highest BCUT2D eigenvalue weighted by Gasteiger charge is 2.46. The Kier molecular flexibility index (Phi) is 7.16. The third-order valence-electron chi connectivity index (χ3n) is 7.62. The van der Waals surface area contributed by atoms with Gasteiger partial charge in [-0.2, -0.15) is 0 Å². The Morgan fingerprint density at radius 1 is 1.06 bits per heavy atom. The summed E-state index contributed by atoms with van der Waals surface area (Å²) in [6, 6.07) is 0. The molecule has 0 bridgehead atoms. The number of fused-ring (bicyclic) bond motifs is 1. The number of rotatable bonds is 7. The van der Waals surface area contributed by atoms with E-state index >= 15 is 0 Å². The number of ether oxygens (including phenoxy) is 1. The second-order valence-corrected chi connectivity index (χ2v) is 21.6. The van der Waals surface area contributed by atoms with Crippen molar-refractivity contribution < 1.29 is 18.8 Å². The smallest absolute Gasteiger partial charge is 0.192 e. The fourth-order valence-electron chi connectivity index (χ4n) is 3.35. The predicted molar refractivity (Wildman–Crippen MR) is 134 cm³/mol. The van der Waals surface area contributed by atoms with Crippen LogP contribution >= 0.6 is 0 Å². The Morgan fingerprint density at radius 2 is 1.70 bits per heavy atom. The molecule has 2 aromatic heterocycles. The van der Waals surface area contributed by atoms with Gasteiger partial charge in [0.1, 0.15) is 18.7 Å². The lowest BCUT2D eigenvalue weighted by atomic mass is 10.2. The first-order valence-corrected chi connectivity index (χ1v) is 17.4. The number of hydrogen-bond acceptors (Lipinski definition) is 8. The molecule has 1 fully saturated rings. The molecule has 11 heteroatoms. The second kappa shape index (κ2) is 9.01. The minimum atomic E-state index is -2.02. The van der Waals surface area contributed by atoms with Gasteiger partial charge in [-0.15, -0.1) is 0 Å². The second-order valence-electron chi connectivity index (χ2n) is 12.0. The predicted octanol–water partition coefficient (Wildman–Crippen LogP) is 5.33. The SMILES string of the molecule is CC(C)(C)[Si](C)(C)OC[C@H]1O[C@@H](n2cnc3c(NO)ncnc32)C[C@@H]1O[Si](C)(C)C(C)(C)C. The van der Waals surface area contributed by atoms with Crippen molar-refractivity contribution in [3.8, 4) is 0 Å². The monoisotopic (exact) mass is 495 g/mol. The highest BCUT2D eigenvalue weighted by Crippen LogP contribution is 2.43. The topological polar surface area (TPSA) is 104 Å².